The SMILES string of the molecule is CO[C@@H](C)CS(=O)(=O)Nc1ccc(C(=O)O)c(C(F)(F)F)c1. The molecule has 0 saturated carbocycles. The van der Waals surface area contributed by atoms with Gasteiger partial charge in [-0.05, 0) is 25.1 Å². The number of sulfonamides is 1. The van der Waals surface area contributed by atoms with Gasteiger partial charge in [-0.15, -0.1) is 0 Å². The van der Waals surface area contributed by atoms with Crippen molar-refractivity contribution in [1.82, 2.24) is 0 Å². The van der Waals surface area contributed by atoms with Crippen LogP contribution in [-0.4, -0.2) is 38.5 Å². The molecule has 0 saturated heterocycles. The fraction of sp³-hybridized carbons (Fsp3) is 0.417. The van der Waals surface area contributed by atoms with Gasteiger partial charge < -0.3 is 9.84 Å². The molecule has 0 unspecified atom stereocenters. The molecule has 0 aliphatic rings. The lowest BCUT2D eigenvalue weighted by Crippen LogP contribution is -2.25. The summed E-state index contributed by atoms with van der Waals surface area (Å²) in [4.78, 5) is 10.8. The van der Waals surface area contributed by atoms with E-state index in [0.29, 0.717) is 12.1 Å². The number of hydrogen-bond donors (Lipinski definition) is 2. The molecule has 1 aromatic rings. The normalized spacial score (nSPS) is 13.7. The van der Waals surface area contributed by atoms with Gasteiger partial charge in [-0.3, -0.25) is 4.72 Å². The van der Waals surface area contributed by atoms with Crippen molar-refractivity contribution in [3.8, 4) is 0 Å². The molecule has 1 rings (SSSR count). The van der Waals surface area contributed by atoms with Crippen molar-refractivity contribution in [2.75, 3.05) is 17.6 Å². The number of methoxy groups -OCH3 is 1. The Balaban J connectivity index is 3.16. The highest BCUT2D eigenvalue weighted by molar-refractivity contribution is 7.92. The zero-order chi connectivity index (χ0) is 17.1. The van der Waals surface area contributed by atoms with Crippen LogP contribution in [0.15, 0.2) is 18.2 Å². The molecule has 0 radical (unpaired) electrons. The van der Waals surface area contributed by atoms with Gasteiger partial charge in [0.05, 0.1) is 23.0 Å². The van der Waals surface area contributed by atoms with Gasteiger partial charge in [0.15, 0.2) is 0 Å². The second-order valence-corrected chi connectivity index (χ2v) is 6.26. The fourth-order valence-electron chi connectivity index (χ4n) is 1.63. The second-order valence-electron chi connectivity index (χ2n) is 4.49. The molecule has 10 heteroatoms. The summed E-state index contributed by atoms with van der Waals surface area (Å²) >= 11 is 0. The zero-order valence-electron chi connectivity index (χ0n) is 11.6. The summed E-state index contributed by atoms with van der Waals surface area (Å²) in [5.74, 6) is -2.21. The van der Waals surface area contributed by atoms with E-state index in [2.05, 4.69) is 0 Å². The van der Waals surface area contributed by atoms with Crippen molar-refractivity contribution in [2.45, 2.75) is 19.2 Å². The molecule has 0 fully saturated rings. The Hall–Kier alpha value is -1.81. The summed E-state index contributed by atoms with van der Waals surface area (Å²) < 4.78 is 68.7. The minimum absolute atomic E-state index is 0.374. The lowest BCUT2D eigenvalue weighted by atomic mass is 10.1. The summed E-state index contributed by atoms with van der Waals surface area (Å²) in [5, 5.41) is 8.75. The number of benzene rings is 1. The van der Waals surface area contributed by atoms with Gasteiger partial charge in [0.25, 0.3) is 0 Å². The predicted molar refractivity (Wildman–Crippen MR) is 72.3 cm³/mol. The van der Waals surface area contributed by atoms with Gasteiger partial charge >= 0.3 is 12.1 Å². The number of anilines is 1. The first-order valence-corrected chi connectivity index (χ1v) is 7.59. The van der Waals surface area contributed by atoms with E-state index in [1.165, 1.54) is 14.0 Å². The van der Waals surface area contributed by atoms with Gasteiger partial charge in [-0.1, -0.05) is 0 Å². The molecule has 0 aliphatic heterocycles. The first-order valence-electron chi connectivity index (χ1n) is 5.94. The number of ether oxygens (including phenoxy) is 1. The summed E-state index contributed by atoms with van der Waals surface area (Å²) in [7, 11) is -2.64. The van der Waals surface area contributed by atoms with Crippen molar-refractivity contribution in [2.24, 2.45) is 0 Å². The number of halogens is 3. The summed E-state index contributed by atoms with van der Waals surface area (Å²) in [6, 6.07) is 2.09. The van der Waals surface area contributed by atoms with E-state index in [1.807, 2.05) is 4.72 Å². The monoisotopic (exact) mass is 341 g/mol. The van der Waals surface area contributed by atoms with E-state index in [-0.39, 0.29) is 5.69 Å². The van der Waals surface area contributed by atoms with Crippen molar-refractivity contribution in [1.29, 1.82) is 0 Å². The molecule has 0 amide bonds. The molecule has 6 nitrogen and oxygen atoms in total. The van der Waals surface area contributed by atoms with E-state index in [0.717, 1.165) is 6.07 Å². The van der Waals surface area contributed by atoms with Crippen molar-refractivity contribution < 1.29 is 36.2 Å². The van der Waals surface area contributed by atoms with E-state index >= 15 is 0 Å². The maximum absolute atomic E-state index is 12.8. The highest BCUT2D eigenvalue weighted by Crippen LogP contribution is 2.34. The Labute approximate surface area is 124 Å². The number of hydrogen-bond acceptors (Lipinski definition) is 4. The maximum atomic E-state index is 12.8. The van der Waals surface area contributed by atoms with Crippen LogP contribution in [0.2, 0.25) is 0 Å². The van der Waals surface area contributed by atoms with Crippen LogP contribution in [0.1, 0.15) is 22.8 Å². The highest BCUT2D eigenvalue weighted by atomic mass is 32.2. The lowest BCUT2D eigenvalue weighted by molar-refractivity contribution is -0.138. The topological polar surface area (TPSA) is 92.7 Å². The molecular formula is C12H14F3NO5S. The molecule has 0 aromatic heterocycles. The van der Waals surface area contributed by atoms with Crippen LogP contribution >= 0.6 is 0 Å². The number of nitrogens with one attached hydrogen (secondary N) is 1. The average Bonchev–Trinajstić information content (AvgIpc) is 2.36. The van der Waals surface area contributed by atoms with Crippen LogP contribution in [0.25, 0.3) is 0 Å². The lowest BCUT2D eigenvalue weighted by Gasteiger charge is -2.15. The average molecular weight is 341 g/mol. The Bertz CT molecular complexity index is 657. The molecule has 124 valence electrons. The smallest absolute Gasteiger partial charge is 0.417 e. The highest BCUT2D eigenvalue weighted by Gasteiger charge is 2.35. The summed E-state index contributed by atoms with van der Waals surface area (Å²) in [6.07, 6.45) is -5.58. The minimum atomic E-state index is -4.92. The predicted octanol–water partition coefficient (Wildman–Crippen LogP) is 2.18. The molecule has 1 atom stereocenters. The number of aromatic carboxylic acids is 1. The molecule has 2 N–H and O–H groups in total. The van der Waals surface area contributed by atoms with Crippen molar-refractivity contribution in [3.05, 3.63) is 29.3 Å². The maximum Gasteiger partial charge on any atom is 0.417 e. The third-order valence-electron chi connectivity index (χ3n) is 2.69. The van der Waals surface area contributed by atoms with Gasteiger partial charge in [0.2, 0.25) is 10.0 Å². The number of alkyl halides is 3. The molecule has 0 spiro atoms. The van der Waals surface area contributed by atoms with Crippen LogP contribution in [-0.2, 0) is 20.9 Å². The van der Waals surface area contributed by atoms with Crippen LogP contribution < -0.4 is 4.72 Å². The van der Waals surface area contributed by atoms with Crippen LogP contribution in [0.3, 0.4) is 0 Å². The second kappa shape index (κ2) is 6.53. The molecular weight excluding hydrogens is 327 g/mol. The Morgan fingerprint density at radius 2 is 2.00 bits per heavy atom. The minimum Gasteiger partial charge on any atom is -0.478 e. The number of carboxylic acids is 1. The van der Waals surface area contributed by atoms with Gasteiger partial charge in [0.1, 0.15) is 0 Å². The van der Waals surface area contributed by atoms with Crippen molar-refractivity contribution in [3.63, 3.8) is 0 Å². The zero-order valence-corrected chi connectivity index (χ0v) is 12.5. The van der Waals surface area contributed by atoms with E-state index in [1.54, 1.807) is 0 Å². The molecule has 1 aromatic carbocycles. The Morgan fingerprint density at radius 3 is 2.45 bits per heavy atom. The van der Waals surface area contributed by atoms with Gasteiger partial charge in [-0.2, -0.15) is 13.2 Å². The third-order valence-corrected chi connectivity index (χ3v) is 4.14. The quantitative estimate of drug-likeness (QED) is 0.827. The standard InChI is InChI=1S/C12H14F3NO5S/c1-7(21-2)6-22(19,20)16-8-3-4-9(11(17)18)10(5-8)12(13,14)15/h3-5,7,16H,6H2,1-2H3,(H,17,18)/t7-/m0/s1. The molecule has 0 bridgehead atoms. The molecule has 22 heavy (non-hydrogen) atoms. The number of rotatable bonds is 6. The Morgan fingerprint density at radius 1 is 1.41 bits per heavy atom. The first kappa shape index (κ1) is 18.2. The van der Waals surface area contributed by atoms with Gasteiger partial charge in [0, 0.05) is 12.8 Å². The van der Waals surface area contributed by atoms with Crippen LogP contribution in [0.5, 0.6) is 0 Å². The first-order chi connectivity index (χ1) is 9.96. The number of carbonyl (C=O) groups is 1. The van der Waals surface area contributed by atoms with E-state index in [9.17, 15) is 26.4 Å². The Kier molecular flexibility index (Phi) is 5.41. The van der Waals surface area contributed by atoms with Crippen molar-refractivity contribution >= 4 is 21.7 Å². The molecule has 0 heterocycles. The summed E-state index contributed by atoms with van der Waals surface area (Å²) in [6.45, 7) is 1.48. The third kappa shape index (κ3) is 4.88. The van der Waals surface area contributed by atoms with Crippen LogP contribution in [0.4, 0.5) is 18.9 Å². The largest absolute Gasteiger partial charge is 0.478 e. The summed E-state index contributed by atoms with van der Waals surface area (Å²) in [5.41, 5.74) is -2.76. The van der Waals surface area contributed by atoms with Gasteiger partial charge in [-0.25, -0.2) is 13.2 Å². The fourth-order valence-corrected chi connectivity index (χ4v) is 2.95. The molecule has 0 aliphatic carbocycles. The number of carboxylic acid groups (broad SMARTS) is 1. The van der Waals surface area contributed by atoms with E-state index in [4.69, 9.17) is 9.84 Å². The van der Waals surface area contributed by atoms with E-state index < -0.39 is 45.2 Å². The van der Waals surface area contributed by atoms with Crippen LogP contribution in [0, 0.1) is 0 Å².